The fraction of sp³-hybridized carbons (Fsp3) is 0.0870. The molecule has 0 atom stereocenters. The van der Waals surface area contributed by atoms with Crippen LogP contribution < -0.4 is 10.1 Å². The van der Waals surface area contributed by atoms with Gasteiger partial charge in [0.2, 0.25) is 0 Å². The third-order valence-electron chi connectivity index (χ3n) is 4.38. The van der Waals surface area contributed by atoms with Gasteiger partial charge in [-0.2, -0.15) is 5.10 Å². The van der Waals surface area contributed by atoms with Crippen LogP contribution in [0.15, 0.2) is 78.9 Å². The first kappa shape index (κ1) is 19.2. The van der Waals surface area contributed by atoms with Gasteiger partial charge in [0.25, 0.3) is 5.91 Å². The summed E-state index contributed by atoms with van der Waals surface area (Å²) in [5.41, 5.74) is 2.52. The monoisotopic (exact) mass is 401 g/mol. The Labute approximate surface area is 172 Å². The van der Waals surface area contributed by atoms with Crippen molar-refractivity contribution < 1.29 is 19.1 Å². The number of esters is 1. The molecule has 0 aliphatic heterocycles. The van der Waals surface area contributed by atoms with Crippen molar-refractivity contribution in [2.24, 2.45) is 0 Å². The average molecular weight is 401 g/mol. The predicted octanol–water partition coefficient (Wildman–Crippen LogP) is 3.94. The Kier molecular flexibility index (Phi) is 5.70. The Morgan fingerprint density at radius 1 is 0.900 bits per heavy atom. The lowest BCUT2D eigenvalue weighted by Crippen LogP contribution is -2.21. The second-order valence-electron chi connectivity index (χ2n) is 6.54. The van der Waals surface area contributed by atoms with Crippen molar-refractivity contribution in [3.05, 3.63) is 90.1 Å². The molecule has 0 bridgehead atoms. The highest BCUT2D eigenvalue weighted by Gasteiger charge is 2.16. The predicted molar refractivity (Wildman–Crippen MR) is 112 cm³/mol. The smallest absolute Gasteiger partial charge is 0.359 e. The number of carbonyl (C=O) groups is 2. The van der Waals surface area contributed by atoms with Crippen LogP contribution in [-0.2, 0) is 16.1 Å². The first-order chi connectivity index (χ1) is 14.7. The SMILES string of the molecule is O=C(COC(=O)c1n[nH]c2ccccc12)Nc1ccc(OCc2ccccc2)cc1. The summed E-state index contributed by atoms with van der Waals surface area (Å²) in [6.45, 7) is 0.0522. The summed E-state index contributed by atoms with van der Waals surface area (Å²) in [7, 11) is 0. The number of rotatable bonds is 7. The molecule has 0 saturated heterocycles. The minimum Gasteiger partial charge on any atom is -0.489 e. The van der Waals surface area contributed by atoms with Crippen LogP contribution in [0.25, 0.3) is 10.9 Å². The number of carbonyl (C=O) groups excluding carboxylic acids is 2. The van der Waals surface area contributed by atoms with Crippen LogP contribution in [0.4, 0.5) is 5.69 Å². The van der Waals surface area contributed by atoms with Crippen molar-refractivity contribution in [3.63, 3.8) is 0 Å². The molecule has 7 nitrogen and oxygen atoms in total. The molecule has 7 heteroatoms. The van der Waals surface area contributed by atoms with Crippen LogP contribution in [0.3, 0.4) is 0 Å². The molecule has 3 aromatic carbocycles. The van der Waals surface area contributed by atoms with Gasteiger partial charge in [-0.15, -0.1) is 0 Å². The first-order valence-electron chi connectivity index (χ1n) is 9.36. The number of aromatic nitrogens is 2. The fourth-order valence-electron chi connectivity index (χ4n) is 2.89. The van der Waals surface area contributed by atoms with E-state index >= 15 is 0 Å². The number of amides is 1. The lowest BCUT2D eigenvalue weighted by atomic mass is 10.2. The van der Waals surface area contributed by atoms with Crippen LogP contribution in [0.2, 0.25) is 0 Å². The van der Waals surface area contributed by atoms with E-state index in [1.807, 2.05) is 36.4 Å². The Morgan fingerprint density at radius 2 is 1.63 bits per heavy atom. The number of nitrogens with zero attached hydrogens (tertiary/aromatic N) is 1. The standard InChI is InChI=1S/C23H19N3O4/c27-21(15-30-23(28)22-19-8-4-5-9-20(19)25-26-22)24-17-10-12-18(13-11-17)29-14-16-6-2-1-3-7-16/h1-13H,14-15H2,(H,24,27)(H,25,26). The molecule has 0 radical (unpaired) electrons. The van der Waals surface area contributed by atoms with Crippen LogP contribution in [0.1, 0.15) is 16.1 Å². The van der Waals surface area contributed by atoms with E-state index in [-0.39, 0.29) is 5.69 Å². The summed E-state index contributed by atoms with van der Waals surface area (Å²) in [5, 5.41) is 10.0. The summed E-state index contributed by atoms with van der Waals surface area (Å²) in [4.78, 5) is 24.3. The number of benzene rings is 3. The lowest BCUT2D eigenvalue weighted by Gasteiger charge is -2.09. The zero-order valence-electron chi connectivity index (χ0n) is 16.0. The number of hydrogen-bond acceptors (Lipinski definition) is 5. The number of aromatic amines is 1. The van der Waals surface area contributed by atoms with Crippen molar-refractivity contribution in [1.82, 2.24) is 10.2 Å². The Bertz CT molecular complexity index is 1150. The van der Waals surface area contributed by atoms with Crippen LogP contribution in [0.5, 0.6) is 5.75 Å². The van der Waals surface area contributed by atoms with Crippen molar-refractivity contribution in [2.75, 3.05) is 11.9 Å². The third kappa shape index (κ3) is 4.64. The largest absolute Gasteiger partial charge is 0.489 e. The van der Waals surface area contributed by atoms with Gasteiger partial charge >= 0.3 is 5.97 Å². The quantitative estimate of drug-likeness (QED) is 0.458. The number of anilines is 1. The van der Waals surface area contributed by atoms with Gasteiger partial charge in [0.15, 0.2) is 12.3 Å². The molecule has 1 heterocycles. The highest BCUT2D eigenvalue weighted by atomic mass is 16.5. The normalized spacial score (nSPS) is 10.5. The van der Waals surface area contributed by atoms with E-state index in [9.17, 15) is 9.59 Å². The highest BCUT2D eigenvalue weighted by Crippen LogP contribution is 2.18. The maximum atomic E-state index is 12.2. The minimum absolute atomic E-state index is 0.151. The molecule has 0 aliphatic carbocycles. The van der Waals surface area contributed by atoms with Gasteiger partial charge in [-0.3, -0.25) is 9.89 Å². The molecule has 0 spiro atoms. The van der Waals surface area contributed by atoms with E-state index in [1.54, 1.807) is 42.5 Å². The molecule has 1 amide bonds. The van der Waals surface area contributed by atoms with Gasteiger partial charge in [-0.1, -0.05) is 48.5 Å². The van der Waals surface area contributed by atoms with E-state index in [1.165, 1.54) is 0 Å². The Balaban J connectivity index is 1.27. The Morgan fingerprint density at radius 3 is 2.43 bits per heavy atom. The van der Waals surface area contributed by atoms with Crippen LogP contribution in [-0.4, -0.2) is 28.7 Å². The zero-order chi connectivity index (χ0) is 20.8. The maximum absolute atomic E-state index is 12.2. The van der Waals surface area contributed by atoms with E-state index < -0.39 is 18.5 Å². The van der Waals surface area contributed by atoms with Crippen molar-refractivity contribution in [1.29, 1.82) is 0 Å². The van der Waals surface area contributed by atoms with Gasteiger partial charge in [-0.05, 0) is 35.9 Å². The van der Waals surface area contributed by atoms with Crippen LogP contribution in [0, 0.1) is 0 Å². The third-order valence-corrected chi connectivity index (χ3v) is 4.38. The highest BCUT2D eigenvalue weighted by molar-refractivity contribution is 6.03. The summed E-state index contributed by atoms with van der Waals surface area (Å²) >= 11 is 0. The number of para-hydroxylation sites is 1. The van der Waals surface area contributed by atoms with Crippen molar-refractivity contribution >= 4 is 28.5 Å². The number of H-pyrrole nitrogens is 1. The van der Waals surface area contributed by atoms with E-state index in [0.717, 1.165) is 11.1 Å². The Hall–Kier alpha value is -4.13. The molecule has 1 aromatic heterocycles. The van der Waals surface area contributed by atoms with Crippen molar-refractivity contribution in [2.45, 2.75) is 6.61 Å². The lowest BCUT2D eigenvalue weighted by molar-refractivity contribution is -0.119. The number of hydrogen-bond donors (Lipinski definition) is 2. The van der Waals surface area contributed by atoms with Crippen molar-refractivity contribution in [3.8, 4) is 5.75 Å². The molecule has 0 unspecified atom stereocenters. The summed E-state index contributed by atoms with van der Waals surface area (Å²) in [5.74, 6) is -0.415. The van der Waals surface area contributed by atoms with E-state index in [0.29, 0.717) is 23.4 Å². The molecule has 2 N–H and O–H groups in total. The molecular formula is C23H19N3O4. The average Bonchev–Trinajstić information content (AvgIpc) is 3.22. The topological polar surface area (TPSA) is 93.3 Å². The number of nitrogens with one attached hydrogen (secondary N) is 2. The number of ether oxygens (including phenoxy) is 2. The van der Waals surface area contributed by atoms with Crippen LogP contribution >= 0.6 is 0 Å². The van der Waals surface area contributed by atoms with Gasteiger partial charge in [0.1, 0.15) is 12.4 Å². The van der Waals surface area contributed by atoms with Gasteiger partial charge < -0.3 is 14.8 Å². The second kappa shape index (κ2) is 8.91. The second-order valence-corrected chi connectivity index (χ2v) is 6.54. The van der Waals surface area contributed by atoms with E-state index in [2.05, 4.69) is 15.5 Å². The fourth-order valence-corrected chi connectivity index (χ4v) is 2.89. The van der Waals surface area contributed by atoms with Gasteiger partial charge in [0.05, 0.1) is 5.52 Å². The summed E-state index contributed by atoms with van der Waals surface area (Å²) in [6, 6.07) is 24.0. The van der Waals surface area contributed by atoms with Gasteiger partial charge in [-0.25, -0.2) is 4.79 Å². The molecular weight excluding hydrogens is 382 g/mol. The molecule has 30 heavy (non-hydrogen) atoms. The molecule has 0 fully saturated rings. The molecule has 4 rings (SSSR count). The maximum Gasteiger partial charge on any atom is 0.359 e. The molecule has 0 aliphatic rings. The van der Waals surface area contributed by atoms with Gasteiger partial charge in [0, 0.05) is 11.1 Å². The first-order valence-corrected chi connectivity index (χ1v) is 9.36. The minimum atomic E-state index is -0.660. The summed E-state index contributed by atoms with van der Waals surface area (Å²) in [6.07, 6.45) is 0. The molecule has 0 saturated carbocycles. The zero-order valence-corrected chi connectivity index (χ0v) is 16.0. The summed E-state index contributed by atoms with van der Waals surface area (Å²) < 4.78 is 10.8. The van der Waals surface area contributed by atoms with E-state index in [4.69, 9.17) is 9.47 Å². The number of fused-ring (bicyclic) bond motifs is 1. The molecule has 4 aromatic rings. The molecule has 150 valence electrons.